The molecule has 4 aromatic rings. The van der Waals surface area contributed by atoms with E-state index in [9.17, 15) is 9.59 Å². The van der Waals surface area contributed by atoms with Crippen LogP contribution in [0.25, 0.3) is 25.9 Å². The van der Waals surface area contributed by atoms with Gasteiger partial charge in [-0.2, -0.15) is 0 Å². The Bertz CT molecular complexity index is 1120. The van der Waals surface area contributed by atoms with Crippen molar-refractivity contribution in [3.05, 3.63) is 52.9 Å². The van der Waals surface area contributed by atoms with E-state index in [1.807, 2.05) is 40.9 Å². The van der Waals surface area contributed by atoms with Gasteiger partial charge in [-0.05, 0) is 24.6 Å². The first-order valence-electron chi connectivity index (χ1n) is 8.29. The number of rotatable bonds is 4. The highest BCUT2D eigenvalue weighted by molar-refractivity contribution is 7.25. The lowest BCUT2D eigenvalue weighted by atomic mass is 10.2. The van der Waals surface area contributed by atoms with Crippen molar-refractivity contribution in [3.63, 3.8) is 0 Å². The summed E-state index contributed by atoms with van der Waals surface area (Å²) < 4.78 is 4.39. The van der Waals surface area contributed by atoms with Crippen LogP contribution in [0.2, 0.25) is 0 Å². The Morgan fingerprint density at radius 3 is 2.79 bits per heavy atom. The zero-order valence-corrected chi connectivity index (χ0v) is 14.3. The third-order valence-corrected chi connectivity index (χ3v) is 5.56. The first kappa shape index (κ1) is 15.1. The molecular weight excluding hydrogens is 320 g/mol. The number of nitrogens with zero attached hydrogens (tertiary/aromatic N) is 2. The molecule has 0 bridgehead atoms. The molecule has 0 spiro atoms. The first-order chi connectivity index (χ1) is 11.7. The maximum atomic E-state index is 12.9. The standard InChI is InChI=1S/C19H18N2O2S/c1-2-3-4-11-16(22)21-18(23)14-9-7-12-20(14)17-13-8-5-6-10-15(13)24-19(17)21/h5-10,12H,2-4,11H2,1H3. The van der Waals surface area contributed by atoms with Crippen molar-refractivity contribution in [1.29, 1.82) is 0 Å². The van der Waals surface area contributed by atoms with Crippen LogP contribution < -0.4 is 5.56 Å². The normalized spacial score (nSPS) is 11.7. The highest BCUT2D eigenvalue weighted by Gasteiger charge is 2.19. The summed E-state index contributed by atoms with van der Waals surface area (Å²) in [7, 11) is 0. The largest absolute Gasteiger partial charge is 0.309 e. The fraction of sp³-hybridized carbons (Fsp3) is 0.263. The third-order valence-electron chi connectivity index (χ3n) is 4.41. The number of unbranched alkanes of at least 4 members (excludes halogenated alkanes) is 2. The van der Waals surface area contributed by atoms with E-state index in [0.717, 1.165) is 39.7 Å². The number of hydrogen-bond acceptors (Lipinski definition) is 3. The highest BCUT2D eigenvalue weighted by Crippen LogP contribution is 2.33. The Labute approximate surface area is 142 Å². The molecule has 4 rings (SSSR count). The highest BCUT2D eigenvalue weighted by atomic mass is 32.1. The Morgan fingerprint density at radius 1 is 1.12 bits per heavy atom. The second-order valence-electron chi connectivity index (χ2n) is 6.01. The van der Waals surface area contributed by atoms with Crippen LogP contribution in [0.15, 0.2) is 47.4 Å². The maximum absolute atomic E-state index is 12.9. The summed E-state index contributed by atoms with van der Waals surface area (Å²) in [5.41, 5.74) is 1.27. The molecular formula is C19H18N2O2S. The second kappa shape index (κ2) is 5.91. The number of thiophene rings is 1. The lowest BCUT2D eigenvalue weighted by Gasteiger charge is -2.08. The number of hydrogen-bond donors (Lipinski definition) is 0. The van der Waals surface area contributed by atoms with Gasteiger partial charge in [0.1, 0.15) is 10.3 Å². The number of aromatic nitrogens is 2. The summed E-state index contributed by atoms with van der Waals surface area (Å²) in [6, 6.07) is 11.7. The van der Waals surface area contributed by atoms with Crippen molar-refractivity contribution in [3.8, 4) is 0 Å². The van der Waals surface area contributed by atoms with Gasteiger partial charge in [-0.15, -0.1) is 11.3 Å². The molecule has 0 aliphatic heterocycles. The van der Waals surface area contributed by atoms with Gasteiger partial charge in [-0.25, -0.2) is 4.57 Å². The van der Waals surface area contributed by atoms with Crippen LogP contribution in [0.3, 0.4) is 0 Å². The zero-order chi connectivity index (χ0) is 16.7. The Hall–Kier alpha value is -2.40. The zero-order valence-electron chi connectivity index (χ0n) is 13.5. The molecule has 0 aliphatic carbocycles. The van der Waals surface area contributed by atoms with Crippen LogP contribution in [0, 0.1) is 0 Å². The molecule has 1 aromatic carbocycles. The van der Waals surface area contributed by atoms with E-state index in [1.54, 1.807) is 6.07 Å². The van der Waals surface area contributed by atoms with E-state index in [-0.39, 0.29) is 11.5 Å². The van der Waals surface area contributed by atoms with E-state index in [2.05, 4.69) is 6.92 Å². The maximum Gasteiger partial charge on any atom is 0.282 e. The summed E-state index contributed by atoms with van der Waals surface area (Å²) in [5.74, 6) is -0.103. The predicted molar refractivity (Wildman–Crippen MR) is 99.3 cm³/mol. The average Bonchev–Trinajstić information content (AvgIpc) is 3.19. The van der Waals surface area contributed by atoms with E-state index < -0.39 is 0 Å². The summed E-state index contributed by atoms with van der Waals surface area (Å²) >= 11 is 1.51. The van der Waals surface area contributed by atoms with Crippen molar-refractivity contribution in [2.45, 2.75) is 32.6 Å². The molecule has 5 heteroatoms. The van der Waals surface area contributed by atoms with Gasteiger partial charge in [0.05, 0.1) is 5.52 Å². The Balaban J connectivity index is 2.05. The van der Waals surface area contributed by atoms with E-state index in [1.165, 1.54) is 15.9 Å². The molecule has 0 saturated carbocycles. The van der Waals surface area contributed by atoms with Crippen molar-refractivity contribution in [2.24, 2.45) is 0 Å². The summed E-state index contributed by atoms with van der Waals surface area (Å²) in [4.78, 5) is 26.4. The minimum atomic E-state index is -0.222. The summed E-state index contributed by atoms with van der Waals surface area (Å²) in [6.07, 6.45) is 5.18. The molecule has 3 heterocycles. The minimum Gasteiger partial charge on any atom is -0.309 e. The molecule has 4 nitrogen and oxygen atoms in total. The van der Waals surface area contributed by atoms with Gasteiger partial charge in [-0.1, -0.05) is 38.0 Å². The molecule has 0 aliphatic rings. The topological polar surface area (TPSA) is 43.5 Å². The number of carbonyl (C=O) groups excluding carboxylic acids is 1. The fourth-order valence-electron chi connectivity index (χ4n) is 3.22. The molecule has 0 radical (unpaired) electrons. The summed E-state index contributed by atoms with van der Waals surface area (Å²) in [6.45, 7) is 2.10. The number of fused-ring (bicyclic) bond motifs is 5. The Kier molecular flexibility index (Phi) is 3.73. The number of benzene rings is 1. The molecule has 122 valence electrons. The molecule has 3 aromatic heterocycles. The monoisotopic (exact) mass is 338 g/mol. The molecule has 24 heavy (non-hydrogen) atoms. The lowest BCUT2D eigenvalue weighted by molar-refractivity contribution is 0.0901. The smallest absolute Gasteiger partial charge is 0.282 e. The summed E-state index contributed by atoms with van der Waals surface area (Å²) in [5, 5.41) is 1.08. The van der Waals surface area contributed by atoms with Crippen molar-refractivity contribution in [1.82, 2.24) is 8.97 Å². The van der Waals surface area contributed by atoms with Crippen LogP contribution in [0.5, 0.6) is 0 Å². The van der Waals surface area contributed by atoms with Gasteiger partial charge in [0.15, 0.2) is 0 Å². The predicted octanol–water partition coefficient (Wildman–Crippen LogP) is 4.69. The van der Waals surface area contributed by atoms with Crippen LogP contribution >= 0.6 is 11.3 Å². The SMILES string of the molecule is CCCCCC(=O)n1c(=O)c2cccn2c2c3ccccc3sc21. The van der Waals surface area contributed by atoms with Crippen molar-refractivity contribution in [2.75, 3.05) is 0 Å². The van der Waals surface area contributed by atoms with Gasteiger partial charge in [-0.3, -0.25) is 9.59 Å². The lowest BCUT2D eigenvalue weighted by Crippen LogP contribution is -2.27. The molecule has 0 amide bonds. The van der Waals surface area contributed by atoms with Crippen LogP contribution in [0.4, 0.5) is 0 Å². The van der Waals surface area contributed by atoms with Gasteiger partial charge >= 0.3 is 0 Å². The first-order valence-corrected chi connectivity index (χ1v) is 9.10. The van der Waals surface area contributed by atoms with Gasteiger partial charge in [0.25, 0.3) is 5.56 Å². The fourth-order valence-corrected chi connectivity index (χ4v) is 4.44. The van der Waals surface area contributed by atoms with E-state index in [0.29, 0.717) is 11.9 Å². The molecule has 0 fully saturated rings. The van der Waals surface area contributed by atoms with Crippen LogP contribution in [0.1, 0.15) is 37.4 Å². The third kappa shape index (κ3) is 2.19. The van der Waals surface area contributed by atoms with Crippen LogP contribution in [-0.2, 0) is 0 Å². The molecule has 0 unspecified atom stereocenters. The average molecular weight is 338 g/mol. The molecule has 0 N–H and O–H groups in total. The van der Waals surface area contributed by atoms with E-state index >= 15 is 0 Å². The second-order valence-corrected chi connectivity index (χ2v) is 7.04. The van der Waals surface area contributed by atoms with Gasteiger partial charge < -0.3 is 4.40 Å². The number of carbonyl (C=O) groups is 1. The minimum absolute atomic E-state index is 0.103. The van der Waals surface area contributed by atoms with Gasteiger partial charge in [0, 0.05) is 22.7 Å². The van der Waals surface area contributed by atoms with Crippen LogP contribution in [-0.4, -0.2) is 14.9 Å². The molecule has 0 atom stereocenters. The Morgan fingerprint density at radius 2 is 1.96 bits per heavy atom. The van der Waals surface area contributed by atoms with Crippen molar-refractivity contribution < 1.29 is 4.79 Å². The van der Waals surface area contributed by atoms with Gasteiger partial charge in [0.2, 0.25) is 5.91 Å². The van der Waals surface area contributed by atoms with E-state index in [4.69, 9.17) is 0 Å². The quantitative estimate of drug-likeness (QED) is 0.507. The molecule has 0 saturated heterocycles. The van der Waals surface area contributed by atoms with Crippen molar-refractivity contribution >= 4 is 43.2 Å².